The fourth-order valence-electron chi connectivity index (χ4n) is 2.75. The Bertz CT molecular complexity index is 1070. The van der Waals surface area contributed by atoms with Gasteiger partial charge in [0.05, 0.1) is 6.33 Å². The van der Waals surface area contributed by atoms with Crippen molar-refractivity contribution in [3.63, 3.8) is 0 Å². The Kier molecular flexibility index (Phi) is 5.62. The van der Waals surface area contributed by atoms with Crippen molar-refractivity contribution in [3.8, 4) is 11.3 Å². The zero-order valence-corrected chi connectivity index (χ0v) is 16.0. The molecular weight excluding hydrogens is 368 g/mol. The number of aryl methyl sites for hydroxylation is 3. The lowest BCUT2D eigenvalue weighted by Crippen LogP contribution is -2.25. The molecule has 8 nitrogen and oxygen atoms in total. The van der Waals surface area contributed by atoms with Crippen molar-refractivity contribution in [1.82, 2.24) is 19.3 Å². The van der Waals surface area contributed by atoms with Crippen LogP contribution in [0.25, 0.3) is 11.3 Å². The van der Waals surface area contributed by atoms with Crippen molar-refractivity contribution >= 4 is 10.0 Å². The van der Waals surface area contributed by atoms with E-state index in [1.165, 1.54) is 6.07 Å². The minimum Gasteiger partial charge on any atom is -0.443 e. The Hall–Kier alpha value is -2.65. The highest BCUT2D eigenvalue weighted by Crippen LogP contribution is 2.26. The molecule has 0 aromatic carbocycles. The summed E-state index contributed by atoms with van der Waals surface area (Å²) in [5.41, 5.74) is 1.78. The van der Waals surface area contributed by atoms with Crippen LogP contribution < -0.4 is 10.3 Å². The molecule has 3 aromatic rings. The van der Waals surface area contributed by atoms with Crippen LogP contribution in [0.5, 0.6) is 0 Å². The molecule has 9 heteroatoms. The van der Waals surface area contributed by atoms with Crippen molar-refractivity contribution in [2.45, 2.75) is 38.3 Å². The van der Waals surface area contributed by atoms with E-state index < -0.39 is 10.0 Å². The summed E-state index contributed by atoms with van der Waals surface area (Å²) in [6.07, 6.45) is 6.39. The third kappa shape index (κ3) is 4.37. The Morgan fingerprint density at radius 1 is 1.33 bits per heavy atom. The molecule has 144 valence electrons. The first-order valence-corrected chi connectivity index (χ1v) is 10.2. The number of hydrogen-bond donors (Lipinski definition) is 2. The van der Waals surface area contributed by atoms with Gasteiger partial charge in [-0.05, 0) is 38.0 Å². The van der Waals surface area contributed by atoms with Gasteiger partial charge in [-0.25, -0.2) is 18.1 Å². The van der Waals surface area contributed by atoms with E-state index >= 15 is 0 Å². The highest BCUT2D eigenvalue weighted by Gasteiger charge is 2.20. The molecular formula is C18H22N4O4S. The van der Waals surface area contributed by atoms with Crippen LogP contribution in [0.2, 0.25) is 0 Å². The van der Waals surface area contributed by atoms with Crippen molar-refractivity contribution in [3.05, 3.63) is 58.5 Å². The quantitative estimate of drug-likeness (QED) is 0.572. The Labute approximate surface area is 157 Å². The van der Waals surface area contributed by atoms with Crippen LogP contribution in [0.4, 0.5) is 0 Å². The van der Waals surface area contributed by atoms with Gasteiger partial charge in [0.1, 0.15) is 5.76 Å². The largest absolute Gasteiger partial charge is 0.443 e. The van der Waals surface area contributed by atoms with Gasteiger partial charge < -0.3 is 14.0 Å². The van der Waals surface area contributed by atoms with Gasteiger partial charge in [0.15, 0.2) is 0 Å². The van der Waals surface area contributed by atoms with E-state index in [0.29, 0.717) is 42.0 Å². The summed E-state index contributed by atoms with van der Waals surface area (Å²) < 4.78 is 34.8. The molecule has 0 unspecified atom stereocenters. The van der Waals surface area contributed by atoms with Crippen LogP contribution in [0.3, 0.4) is 0 Å². The number of nitrogens with one attached hydrogen (secondary N) is 2. The van der Waals surface area contributed by atoms with Gasteiger partial charge in [0.2, 0.25) is 5.09 Å². The maximum Gasteiger partial charge on any atom is 0.273 e. The lowest BCUT2D eigenvalue weighted by molar-refractivity contribution is 0.455. The number of rotatable bonds is 8. The molecule has 0 amide bonds. The first kappa shape index (κ1) is 19.1. The van der Waals surface area contributed by atoms with E-state index in [-0.39, 0.29) is 17.2 Å². The van der Waals surface area contributed by atoms with E-state index in [1.807, 2.05) is 17.7 Å². The van der Waals surface area contributed by atoms with Gasteiger partial charge in [-0.1, -0.05) is 6.92 Å². The number of H-pyrrole nitrogens is 1. The number of hydrogen-bond acceptors (Lipinski definition) is 5. The van der Waals surface area contributed by atoms with Crippen LogP contribution in [0.1, 0.15) is 24.6 Å². The normalized spacial score (nSPS) is 11.8. The zero-order chi connectivity index (χ0) is 19.4. The fraction of sp³-hybridized carbons (Fsp3) is 0.333. The van der Waals surface area contributed by atoms with E-state index in [9.17, 15) is 13.2 Å². The van der Waals surface area contributed by atoms with E-state index in [0.717, 1.165) is 0 Å². The first-order valence-electron chi connectivity index (χ1n) is 8.69. The molecule has 0 saturated carbocycles. The average molecular weight is 390 g/mol. The number of aromatic amines is 1. The van der Waals surface area contributed by atoms with Gasteiger partial charge in [-0.2, -0.15) is 0 Å². The minimum absolute atomic E-state index is 0.141. The van der Waals surface area contributed by atoms with Gasteiger partial charge >= 0.3 is 0 Å². The SMILES string of the molecule is CCc1cc(-c2ccc(S(=O)(=O)NCCCn3ccnc3)o2)c(C)[nH]c1=O. The molecule has 0 atom stereocenters. The predicted molar refractivity (Wildman–Crippen MR) is 101 cm³/mol. The highest BCUT2D eigenvalue weighted by atomic mass is 32.2. The zero-order valence-electron chi connectivity index (χ0n) is 15.2. The van der Waals surface area contributed by atoms with Crippen LogP contribution in [0.15, 0.2) is 51.2 Å². The molecule has 2 N–H and O–H groups in total. The molecule has 0 radical (unpaired) electrons. The van der Waals surface area contributed by atoms with Crippen molar-refractivity contribution in [1.29, 1.82) is 0 Å². The molecule has 0 saturated heterocycles. The van der Waals surface area contributed by atoms with Gasteiger partial charge in [-0.15, -0.1) is 0 Å². The maximum absolute atomic E-state index is 12.4. The number of imidazole rings is 1. The topological polar surface area (TPSA) is 110 Å². The molecule has 27 heavy (non-hydrogen) atoms. The smallest absolute Gasteiger partial charge is 0.273 e. The molecule has 0 bridgehead atoms. The van der Waals surface area contributed by atoms with E-state index in [4.69, 9.17) is 4.42 Å². The number of aromatic nitrogens is 3. The Morgan fingerprint density at radius 3 is 2.85 bits per heavy atom. The summed E-state index contributed by atoms with van der Waals surface area (Å²) in [7, 11) is -3.74. The fourth-order valence-corrected chi connectivity index (χ4v) is 3.75. The van der Waals surface area contributed by atoms with Crippen LogP contribution >= 0.6 is 0 Å². The average Bonchev–Trinajstić information content (AvgIpc) is 3.31. The van der Waals surface area contributed by atoms with Crippen molar-refractivity contribution < 1.29 is 12.8 Å². The summed E-state index contributed by atoms with van der Waals surface area (Å²) in [6, 6.07) is 4.76. The molecule has 3 heterocycles. The summed E-state index contributed by atoms with van der Waals surface area (Å²) in [5.74, 6) is 0.400. The number of nitrogens with zero attached hydrogens (tertiary/aromatic N) is 2. The van der Waals surface area contributed by atoms with Gasteiger partial charge in [0, 0.05) is 42.3 Å². The summed E-state index contributed by atoms with van der Waals surface area (Å²) in [4.78, 5) is 18.6. The monoisotopic (exact) mass is 390 g/mol. The highest BCUT2D eigenvalue weighted by molar-refractivity contribution is 7.89. The lowest BCUT2D eigenvalue weighted by Gasteiger charge is -2.06. The Morgan fingerprint density at radius 2 is 2.15 bits per heavy atom. The van der Waals surface area contributed by atoms with Gasteiger partial charge in [-0.3, -0.25) is 4.79 Å². The number of furan rings is 1. The molecule has 0 aliphatic rings. The number of sulfonamides is 1. The predicted octanol–water partition coefficient (Wildman–Crippen LogP) is 2.07. The first-order chi connectivity index (χ1) is 12.9. The van der Waals surface area contributed by atoms with E-state index in [1.54, 1.807) is 31.6 Å². The van der Waals surface area contributed by atoms with Crippen LogP contribution in [-0.4, -0.2) is 29.5 Å². The minimum atomic E-state index is -3.74. The summed E-state index contributed by atoms with van der Waals surface area (Å²) in [6.45, 7) is 4.59. The third-order valence-corrected chi connectivity index (χ3v) is 5.59. The lowest BCUT2D eigenvalue weighted by atomic mass is 10.1. The summed E-state index contributed by atoms with van der Waals surface area (Å²) in [5, 5.41) is -0.149. The van der Waals surface area contributed by atoms with Crippen molar-refractivity contribution in [2.75, 3.05) is 6.54 Å². The Balaban J connectivity index is 1.71. The van der Waals surface area contributed by atoms with Crippen LogP contribution in [0, 0.1) is 6.92 Å². The van der Waals surface area contributed by atoms with Crippen LogP contribution in [-0.2, 0) is 23.0 Å². The maximum atomic E-state index is 12.4. The molecule has 3 aromatic heterocycles. The molecule has 3 rings (SSSR count). The summed E-state index contributed by atoms with van der Waals surface area (Å²) >= 11 is 0. The molecule has 0 aliphatic heterocycles. The number of pyridine rings is 1. The van der Waals surface area contributed by atoms with Crippen molar-refractivity contribution in [2.24, 2.45) is 0 Å². The molecule has 0 aliphatic carbocycles. The third-order valence-electron chi connectivity index (χ3n) is 4.25. The van der Waals surface area contributed by atoms with Gasteiger partial charge in [0.25, 0.3) is 15.6 Å². The second kappa shape index (κ2) is 7.93. The molecule has 0 fully saturated rings. The second-order valence-electron chi connectivity index (χ2n) is 6.19. The second-order valence-corrected chi connectivity index (χ2v) is 7.88. The molecule has 0 spiro atoms. The van der Waals surface area contributed by atoms with E-state index in [2.05, 4.69) is 14.7 Å². The standard InChI is InChI=1S/C18H22N4O4S/c1-3-14-11-15(13(2)21-18(14)23)16-5-6-17(26-16)27(24,25)20-7-4-9-22-10-8-19-12-22/h5-6,8,10-12,20H,3-4,7,9H2,1-2H3,(H,21,23).